The first-order valence-electron chi connectivity index (χ1n) is 12.0. The molecule has 180 valence electrons. The molecule has 2 aliphatic carbocycles. The van der Waals surface area contributed by atoms with Crippen molar-refractivity contribution in [3.63, 3.8) is 0 Å². The van der Waals surface area contributed by atoms with Gasteiger partial charge in [-0.1, -0.05) is 48.5 Å². The van der Waals surface area contributed by atoms with Gasteiger partial charge in [-0.25, -0.2) is 9.59 Å². The summed E-state index contributed by atoms with van der Waals surface area (Å²) in [5.41, 5.74) is 4.72. The van der Waals surface area contributed by atoms with Crippen molar-refractivity contribution in [2.24, 2.45) is 5.92 Å². The van der Waals surface area contributed by atoms with Crippen LogP contribution in [-0.4, -0.2) is 53.2 Å². The van der Waals surface area contributed by atoms with Crippen LogP contribution in [0.25, 0.3) is 11.1 Å². The van der Waals surface area contributed by atoms with Crippen LogP contribution < -0.4 is 5.32 Å². The van der Waals surface area contributed by atoms with E-state index in [2.05, 4.69) is 29.6 Å². The van der Waals surface area contributed by atoms with E-state index in [0.717, 1.165) is 12.8 Å². The van der Waals surface area contributed by atoms with E-state index in [-0.39, 0.29) is 30.4 Å². The minimum atomic E-state index is -1.00. The summed E-state index contributed by atoms with van der Waals surface area (Å²) in [6.45, 7) is 3.95. The number of benzene rings is 2. The smallest absolute Gasteiger partial charge is 0.407 e. The number of carbonyl (C=O) groups is 3. The van der Waals surface area contributed by atoms with Crippen LogP contribution in [0.4, 0.5) is 4.79 Å². The van der Waals surface area contributed by atoms with Crippen molar-refractivity contribution in [3.05, 3.63) is 59.7 Å². The van der Waals surface area contributed by atoms with Gasteiger partial charge in [-0.15, -0.1) is 0 Å². The third kappa shape index (κ3) is 4.93. The summed E-state index contributed by atoms with van der Waals surface area (Å²) >= 11 is 0. The maximum absolute atomic E-state index is 12.6. The largest absolute Gasteiger partial charge is 0.480 e. The fourth-order valence-corrected chi connectivity index (χ4v) is 5.36. The van der Waals surface area contributed by atoms with Crippen LogP contribution >= 0.6 is 0 Å². The number of likely N-dealkylation sites (N-methyl/N-ethyl adjacent to an activating group) is 1. The first-order valence-corrected chi connectivity index (χ1v) is 12.0. The fraction of sp³-hybridized carbons (Fsp3) is 0.444. The predicted octanol–water partition coefficient (Wildman–Crippen LogP) is 4.41. The van der Waals surface area contributed by atoms with Gasteiger partial charge < -0.3 is 20.1 Å². The second-order valence-corrected chi connectivity index (χ2v) is 9.24. The lowest BCUT2D eigenvalue weighted by Gasteiger charge is -2.26. The molecule has 0 saturated heterocycles. The third-order valence-corrected chi connectivity index (χ3v) is 7.16. The topological polar surface area (TPSA) is 95.9 Å². The summed E-state index contributed by atoms with van der Waals surface area (Å²) in [4.78, 5) is 37.8. The van der Waals surface area contributed by atoms with Gasteiger partial charge >= 0.3 is 12.1 Å². The Bertz CT molecular complexity index is 1020. The molecule has 1 saturated carbocycles. The van der Waals surface area contributed by atoms with Crippen molar-refractivity contribution in [1.29, 1.82) is 0 Å². The van der Waals surface area contributed by atoms with Gasteiger partial charge in [0.1, 0.15) is 12.6 Å². The Hall–Kier alpha value is -3.35. The zero-order valence-electron chi connectivity index (χ0n) is 19.7. The average molecular weight is 465 g/mol. The molecule has 2 N–H and O–H groups in total. The third-order valence-electron chi connectivity index (χ3n) is 7.16. The minimum absolute atomic E-state index is 0.0170. The van der Waals surface area contributed by atoms with Gasteiger partial charge in [0.15, 0.2) is 0 Å². The second kappa shape index (κ2) is 10.3. The molecule has 0 aromatic heterocycles. The first-order chi connectivity index (χ1) is 16.4. The van der Waals surface area contributed by atoms with Gasteiger partial charge in [0.25, 0.3) is 0 Å². The summed E-state index contributed by atoms with van der Waals surface area (Å²) in [5.74, 6) is -1.01. The lowest BCUT2D eigenvalue weighted by atomic mass is 9.98. The van der Waals surface area contributed by atoms with E-state index in [1.54, 1.807) is 6.92 Å². The maximum atomic E-state index is 12.6. The van der Waals surface area contributed by atoms with Crippen LogP contribution in [0.3, 0.4) is 0 Å². The minimum Gasteiger partial charge on any atom is -0.480 e. The lowest BCUT2D eigenvalue weighted by molar-refractivity contribution is -0.149. The molecule has 2 aliphatic rings. The normalized spacial score (nSPS) is 19.7. The fourth-order valence-electron chi connectivity index (χ4n) is 5.36. The molecule has 0 spiro atoms. The lowest BCUT2D eigenvalue weighted by Crippen LogP contribution is -2.43. The number of alkyl carbamates (subject to hydrolysis) is 1. The maximum Gasteiger partial charge on any atom is 0.407 e. The quantitative estimate of drug-likeness (QED) is 0.604. The number of carbonyl (C=O) groups excluding carboxylic acids is 2. The van der Waals surface area contributed by atoms with Crippen LogP contribution in [0, 0.1) is 5.92 Å². The molecule has 0 heterocycles. The van der Waals surface area contributed by atoms with Gasteiger partial charge in [-0.3, -0.25) is 4.79 Å². The highest BCUT2D eigenvalue weighted by Crippen LogP contribution is 2.44. The highest BCUT2D eigenvalue weighted by molar-refractivity contribution is 5.83. The molecule has 1 fully saturated rings. The Kier molecular flexibility index (Phi) is 7.20. The molecule has 2 aromatic carbocycles. The highest BCUT2D eigenvalue weighted by Gasteiger charge is 2.32. The molecule has 0 bridgehead atoms. The van der Waals surface area contributed by atoms with E-state index in [9.17, 15) is 19.5 Å². The number of rotatable bonds is 8. The van der Waals surface area contributed by atoms with E-state index >= 15 is 0 Å². The first kappa shape index (κ1) is 23.8. The zero-order valence-corrected chi connectivity index (χ0v) is 19.7. The summed E-state index contributed by atoms with van der Waals surface area (Å²) in [7, 11) is 0. The van der Waals surface area contributed by atoms with Gasteiger partial charge in [-0.2, -0.15) is 0 Å². The number of amides is 2. The number of carboxylic acids is 1. The summed E-state index contributed by atoms with van der Waals surface area (Å²) in [5, 5.41) is 12.2. The van der Waals surface area contributed by atoms with Crippen molar-refractivity contribution in [2.75, 3.05) is 13.2 Å². The number of carboxylic acid groups (broad SMARTS) is 1. The average Bonchev–Trinajstić information content (AvgIpc) is 3.39. The number of hydrogen-bond acceptors (Lipinski definition) is 4. The van der Waals surface area contributed by atoms with Crippen LogP contribution in [0.5, 0.6) is 0 Å². The Morgan fingerprint density at radius 1 is 1.06 bits per heavy atom. The van der Waals surface area contributed by atoms with E-state index in [1.807, 2.05) is 24.3 Å². The summed E-state index contributed by atoms with van der Waals surface area (Å²) in [6, 6.07) is 15.6. The van der Waals surface area contributed by atoms with Gasteiger partial charge in [0.05, 0.1) is 0 Å². The molecule has 34 heavy (non-hydrogen) atoms. The number of aliphatic carboxylic acids is 1. The Balaban J connectivity index is 1.28. The van der Waals surface area contributed by atoms with Crippen molar-refractivity contribution in [3.8, 4) is 11.1 Å². The van der Waals surface area contributed by atoms with Crippen LogP contribution in [-0.2, 0) is 14.3 Å². The molecule has 3 atom stereocenters. The molecule has 7 heteroatoms. The van der Waals surface area contributed by atoms with E-state index in [1.165, 1.54) is 34.1 Å². The number of ether oxygens (including phenoxy) is 1. The van der Waals surface area contributed by atoms with Gasteiger partial charge in [0.2, 0.25) is 5.91 Å². The zero-order chi connectivity index (χ0) is 24.2. The standard InChI is InChI=1S/C27H32N2O5/c1-3-29(17(2)26(31)32)25(30)15-18-12-13-19(14-18)28-27(33)34-16-24-22-10-6-4-8-20(22)21-9-5-7-11-23(21)24/h4-11,17-19,24H,3,12-16H2,1-2H3,(H,28,33)(H,31,32). The predicted molar refractivity (Wildman–Crippen MR) is 128 cm³/mol. The molecule has 2 amide bonds. The molecular formula is C27H32N2O5. The summed E-state index contributed by atoms with van der Waals surface area (Å²) in [6.07, 6.45) is 2.15. The Labute approximate surface area is 200 Å². The number of fused-ring (bicyclic) bond motifs is 3. The van der Waals surface area contributed by atoms with Gasteiger partial charge in [0, 0.05) is 24.9 Å². The monoisotopic (exact) mass is 464 g/mol. The van der Waals surface area contributed by atoms with E-state index < -0.39 is 18.1 Å². The van der Waals surface area contributed by atoms with Crippen molar-refractivity contribution in [1.82, 2.24) is 10.2 Å². The molecule has 3 unspecified atom stereocenters. The molecule has 4 rings (SSSR count). The van der Waals surface area contributed by atoms with E-state index in [4.69, 9.17) is 4.74 Å². The molecule has 2 aromatic rings. The van der Waals surface area contributed by atoms with Crippen LogP contribution in [0.1, 0.15) is 56.6 Å². The molecular weight excluding hydrogens is 432 g/mol. The number of hydrogen-bond donors (Lipinski definition) is 2. The highest BCUT2D eigenvalue weighted by atomic mass is 16.5. The SMILES string of the molecule is CCN(C(=O)CC1CCC(NC(=O)OCC2c3ccccc3-c3ccccc32)C1)C(C)C(=O)O. The molecule has 0 aliphatic heterocycles. The van der Waals surface area contributed by atoms with E-state index in [0.29, 0.717) is 19.4 Å². The Morgan fingerprint density at radius 3 is 2.26 bits per heavy atom. The van der Waals surface area contributed by atoms with Crippen LogP contribution in [0.2, 0.25) is 0 Å². The number of nitrogens with zero attached hydrogens (tertiary/aromatic N) is 1. The van der Waals surface area contributed by atoms with Crippen molar-refractivity contribution in [2.45, 2.75) is 57.5 Å². The Morgan fingerprint density at radius 2 is 1.68 bits per heavy atom. The van der Waals surface area contributed by atoms with Crippen molar-refractivity contribution >= 4 is 18.0 Å². The molecule has 7 nitrogen and oxygen atoms in total. The number of nitrogens with one attached hydrogen (secondary N) is 1. The second-order valence-electron chi connectivity index (χ2n) is 9.24. The summed E-state index contributed by atoms with van der Waals surface area (Å²) < 4.78 is 5.64. The molecule has 0 radical (unpaired) electrons. The van der Waals surface area contributed by atoms with Crippen molar-refractivity contribution < 1.29 is 24.2 Å². The van der Waals surface area contributed by atoms with Crippen LogP contribution in [0.15, 0.2) is 48.5 Å². The van der Waals surface area contributed by atoms with Gasteiger partial charge in [-0.05, 0) is 61.3 Å².